The molecule has 0 radical (unpaired) electrons. The van der Waals surface area contributed by atoms with Gasteiger partial charge in [0.25, 0.3) is 5.91 Å². The van der Waals surface area contributed by atoms with E-state index in [1.807, 2.05) is 0 Å². The Morgan fingerprint density at radius 2 is 1.41 bits per heavy atom. The predicted molar refractivity (Wildman–Crippen MR) is 140 cm³/mol. The Balaban J connectivity index is 1.51. The Hall–Kier alpha value is -3.99. The number of ether oxygens (including phenoxy) is 2. The van der Waals surface area contributed by atoms with E-state index >= 15 is 0 Å². The normalized spacial score (nSPS) is 21.2. The van der Waals surface area contributed by atoms with Gasteiger partial charge in [-0.1, -0.05) is 6.07 Å². The molecule has 5 N–H and O–H groups in total. The summed E-state index contributed by atoms with van der Waals surface area (Å²) in [6.45, 7) is 0.389. The SMILES string of the molecule is COc1ccc(NC(=O)N2CCN(C(=O)Nc3cccc(OC)c3)C2C(=O)NC2CCC(N)CC2)cc1. The van der Waals surface area contributed by atoms with Crippen molar-refractivity contribution in [3.8, 4) is 11.5 Å². The third-order valence-electron chi connectivity index (χ3n) is 6.71. The minimum absolute atomic E-state index is 0.0531. The van der Waals surface area contributed by atoms with Crippen molar-refractivity contribution in [2.24, 2.45) is 5.73 Å². The van der Waals surface area contributed by atoms with Crippen molar-refractivity contribution in [1.29, 1.82) is 0 Å². The van der Waals surface area contributed by atoms with Gasteiger partial charge in [0.2, 0.25) is 0 Å². The molecule has 11 heteroatoms. The Labute approximate surface area is 216 Å². The number of nitrogens with two attached hydrogens (primary N) is 1. The van der Waals surface area contributed by atoms with Crippen LogP contribution in [-0.4, -0.2) is 73.3 Å². The third-order valence-corrected chi connectivity index (χ3v) is 6.71. The molecule has 1 heterocycles. The summed E-state index contributed by atoms with van der Waals surface area (Å²) in [5.41, 5.74) is 7.07. The van der Waals surface area contributed by atoms with E-state index in [1.165, 1.54) is 9.80 Å². The smallest absolute Gasteiger partial charge is 0.323 e. The summed E-state index contributed by atoms with van der Waals surface area (Å²) < 4.78 is 10.4. The highest BCUT2D eigenvalue weighted by atomic mass is 16.5. The summed E-state index contributed by atoms with van der Waals surface area (Å²) in [6.07, 6.45) is 2.04. The molecular weight excluding hydrogens is 476 g/mol. The summed E-state index contributed by atoms with van der Waals surface area (Å²) >= 11 is 0. The molecule has 11 nitrogen and oxygen atoms in total. The number of nitrogens with one attached hydrogen (secondary N) is 3. The van der Waals surface area contributed by atoms with Crippen LogP contribution < -0.4 is 31.2 Å². The number of rotatable bonds is 6. The van der Waals surface area contributed by atoms with Gasteiger partial charge in [-0.15, -0.1) is 0 Å². The van der Waals surface area contributed by atoms with E-state index in [0.717, 1.165) is 25.7 Å². The minimum Gasteiger partial charge on any atom is -0.497 e. The van der Waals surface area contributed by atoms with E-state index in [-0.39, 0.29) is 25.2 Å². The Kier molecular flexibility index (Phi) is 8.34. The molecule has 5 amide bonds. The minimum atomic E-state index is -1.11. The Bertz CT molecular complexity index is 1100. The lowest BCUT2D eigenvalue weighted by Gasteiger charge is -2.32. The molecule has 2 aromatic rings. The van der Waals surface area contributed by atoms with Gasteiger partial charge in [0.05, 0.1) is 14.2 Å². The molecule has 1 aliphatic heterocycles. The molecule has 1 saturated carbocycles. The van der Waals surface area contributed by atoms with Crippen molar-refractivity contribution < 1.29 is 23.9 Å². The molecule has 37 heavy (non-hydrogen) atoms. The van der Waals surface area contributed by atoms with Crippen LogP contribution in [0.1, 0.15) is 25.7 Å². The van der Waals surface area contributed by atoms with Crippen LogP contribution in [0.4, 0.5) is 21.0 Å². The van der Waals surface area contributed by atoms with Crippen molar-refractivity contribution in [2.75, 3.05) is 37.9 Å². The van der Waals surface area contributed by atoms with Crippen LogP contribution in [0.2, 0.25) is 0 Å². The highest BCUT2D eigenvalue weighted by molar-refractivity contribution is 5.98. The van der Waals surface area contributed by atoms with Gasteiger partial charge in [-0.2, -0.15) is 0 Å². The van der Waals surface area contributed by atoms with E-state index in [9.17, 15) is 14.4 Å². The van der Waals surface area contributed by atoms with E-state index in [1.54, 1.807) is 62.8 Å². The quantitative estimate of drug-likeness (QED) is 0.472. The first-order valence-electron chi connectivity index (χ1n) is 12.4. The monoisotopic (exact) mass is 510 g/mol. The van der Waals surface area contributed by atoms with Crippen LogP contribution in [0.15, 0.2) is 48.5 Å². The van der Waals surface area contributed by atoms with Crippen LogP contribution in [0.5, 0.6) is 11.5 Å². The van der Waals surface area contributed by atoms with Gasteiger partial charge in [-0.25, -0.2) is 9.59 Å². The molecule has 2 aliphatic rings. The van der Waals surface area contributed by atoms with Gasteiger partial charge in [0, 0.05) is 42.6 Å². The van der Waals surface area contributed by atoms with Gasteiger partial charge >= 0.3 is 12.1 Å². The van der Waals surface area contributed by atoms with Gasteiger partial charge in [0.1, 0.15) is 11.5 Å². The first-order chi connectivity index (χ1) is 17.9. The highest BCUT2D eigenvalue weighted by Crippen LogP contribution is 2.23. The first kappa shape index (κ1) is 26.1. The zero-order valence-corrected chi connectivity index (χ0v) is 21.1. The lowest BCUT2D eigenvalue weighted by molar-refractivity contribution is -0.128. The van der Waals surface area contributed by atoms with Crippen molar-refractivity contribution in [3.63, 3.8) is 0 Å². The number of nitrogens with zero attached hydrogens (tertiary/aromatic N) is 2. The van der Waals surface area contributed by atoms with E-state index in [2.05, 4.69) is 16.0 Å². The fraction of sp³-hybridized carbons (Fsp3) is 0.423. The maximum absolute atomic E-state index is 13.5. The Morgan fingerprint density at radius 1 is 0.811 bits per heavy atom. The molecule has 198 valence electrons. The first-order valence-corrected chi connectivity index (χ1v) is 12.4. The summed E-state index contributed by atoms with van der Waals surface area (Å²) in [5, 5.41) is 8.66. The van der Waals surface area contributed by atoms with E-state index in [0.29, 0.717) is 22.9 Å². The second-order valence-electron chi connectivity index (χ2n) is 9.20. The van der Waals surface area contributed by atoms with Crippen LogP contribution >= 0.6 is 0 Å². The van der Waals surface area contributed by atoms with Gasteiger partial charge < -0.3 is 31.2 Å². The molecule has 0 spiro atoms. The molecule has 1 aliphatic carbocycles. The van der Waals surface area contributed by atoms with Crippen LogP contribution in [-0.2, 0) is 4.79 Å². The lowest BCUT2D eigenvalue weighted by atomic mass is 9.92. The number of benzene rings is 2. The molecule has 2 fully saturated rings. The van der Waals surface area contributed by atoms with Gasteiger partial charge in [-0.05, 0) is 62.1 Å². The molecule has 1 atom stereocenters. The van der Waals surface area contributed by atoms with E-state index in [4.69, 9.17) is 15.2 Å². The molecule has 1 unspecified atom stereocenters. The number of anilines is 2. The molecule has 0 bridgehead atoms. The molecular formula is C26H34N6O5. The van der Waals surface area contributed by atoms with Crippen molar-refractivity contribution in [1.82, 2.24) is 15.1 Å². The second-order valence-corrected chi connectivity index (χ2v) is 9.20. The van der Waals surface area contributed by atoms with Gasteiger partial charge in [0.15, 0.2) is 6.17 Å². The van der Waals surface area contributed by atoms with Gasteiger partial charge in [-0.3, -0.25) is 14.6 Å². The average Bonchev–Trinajstić information content (AvgIpc) is 3.36. The fourth-order valence-electron chi connectivity index (χ4n) is 4.64. The zero-order valence-electron chi connectivity index (χ0n) is 21.1. The van der Waals surface area contributed by atoms with Crippen molar-refractivity contribution in [2.45, 2.75) is 43.9 Å². The summed E-state index contributed by atoms with van der Waals surface area (Å²) in [4.78, 5) is 42.7. The summed E-state index contributed by atoms with van der Waals surface area (Å²) in [6, 6.07) is 12.9. The van der Waals surface area contributed by atoms with E-state index < -0.39 is 24.1 Å². The number of urea groups is 2. The van der Waals surface area contributed by atoms with Crippen LogP contribution in [0.3, 0.4) is 0 Å². The lowest BCUT2D eigenvalue weighted by Crippen LogP contribution is -2.57. The number of hydrogen-bond donors (Lipinski definition) is 4. The largest absolute Gasteiger partial charge is 0.497 e. The highest BCUT2D eigenvalue weighted by Gasteiger charge is 2.43. The maximum atomic E-state index is 13.5. The standard InChI is InChI=1S/C26H34N6O5/c1-36-21-12-10-19(11-13-21)29-25(34)31-14-15-32(26(35)30-20-4-3-5-22(16-20)37-2)24(31)23(33)28-18-8-6-17(27)7-9-18/h3-5,10-13,16-18,24H,6-9,14-15,27H2,1-2H3,(H,28,33)(H,29,34)(H,30,35). The number of hydrogen-bond acceptors (Lipinski definition) is 6. The number of amides is 5. The van der Waals surface area contributed by atoms with Crippen LogP contribution in [0, 0.1) is 0 Å². The Morgan fingerprint density at radius 3 is 2.00 bits per heavy atom. The molecule has 0 aromatic heterocycles. The van der Waals surface area contributed by atoms with Crippen molar-refractivity contribution >= 4 is 29.3 Å². The average molecular weight is 511 g/mol. The summed E-state index contributed by atoms with van der Waals surface area (Å²) in [5.74, 6) is 0.845. The molecule has 2 aromatic carbocycles. The third kappa shape index (κ3) is 6.42. The fourth-order valence-corrected chi connectivity index (χ4v) is 4.64. The number of carbonyl (C=O) groups excluding carboxylic acids is 3. The maximum Gasteiger partial charge on any atom is 0.323 e. The predicted octanol–water partition coefficient (Wildman–Crippen LogP) is 2.80. The molecule has 1 saturated heterocycles. The number of methoxy groups -OCH3 is 2. The van der Waals surface area contributed by atoms with Crippen LogP contribution in [0.25, 0.3) is 0 Å². The van der Waals surface area contributed by atoms with Crippen molar-refractivity contribution in [3.05, 3.63) is 48.5 Å². The summed E-state index contributed by atoms with van der Waals surface area (Å²) in [7, 11) is 3.10. The molecule has 4 rings (SSSR count). The second kappa shape index (κ2) is 11.8. The number of carbonyl (C=O) groups is 3. The zero-order chi connectivity index (χ0) is 26.4. The topological polar surface area (TPSA) is 138 Å².